The third-order valence-electron chi connectivity index (χ3n) is 2.78. The van der Waals surface area contributed by atoms with Crippen molar-refractivity contribution in [2.45, 2.75) is 0 Å². The number of benzene rings is 1. The van der Waals surface area contributed by atoms with Gasteiger partial charge in [0, 0.05) is 35.2 Å². The zero-order chi connectivity index (χ0) is 13.4. The van der Waals surface area contributed by atoms with Gasteiger partial charge in [-0.3, -0.25) is 9.48 Å². The van der Waals surface area contributed by atoms with Crippen molar-refractivity contribution in [3.05, 3.63) is 47.2 Å². The molecule has 5 nitrogen and oxygen atoms in total. The van der Waals surface area contributed by atoms with Gasteiger partial charge in [0.2, 0.25) is 0 Å². The highest BCUT2D eigenvalue weighted by Crippen LogP contribution is 2.20. The van der Waals surface area contributed by atoms with Crippen LogP contribution in [0.4, 0.5) is 5.82 Å². The molecule has 2 heterocycles. The second-order valence-corrected chi connectivity index (χ2v) is 4.68. The van der Waals surface area contributed by atoms with Crippen molar-refractivity contribution in [1.82, 2.24) is 14.8 Å². The van der Waals surface area contributed by atoms with Crippen LogP contribution in [0.1, 0.15) is 10.5 Å². The third kappa shape index (κ3) is 2.32. The summed E-state index contributed by atoms with van der Waals surface area (Å²) in [4.78, 5) is 15.1. The first-order valence-electron chi connectivity index (χ1n) is 5.71. The topological polar surface area (TPSA) is 62.7 Å². The number of aryl methyl sites for hydroxylation is 1. The van der Waals surface area contributed by atoms with E-state index in [0.29, 0.717) is 16.5 Å². The van der Waals surface area contributed by atoms with Crippen molar-refractivity contribution < 1.29 is 4.79 Å². The first-order valence-corrected chi connectivity index (χ1v) is 6.09. The first-order chi connectivity index (χ1) is 9.11. The van der Waals surface area contributed by atoms with Gasteiger partial charge in [-0.2, -0.15) is 5.10 Å². The minimum atomic E-state index is -0.231. The minimum Gasteiger partial charge on any atom is -0.351 e. The Morgan fingerprint density at radius 3 is 2.95 bits per heavy atom. The van der Waals surface area contributed by atoms with Gasteiger partial charge in [-0.25, -0.2) is 0 Å². The van der Waals surface area contributed by atoms with Crippen molar-refractivity contribution in [2.24, 2.45) is 7.05 Å². The number of nitrogens with zero attached hydrogens (tertiary/aromatic N) is 2. The molecule has 0 spiro atoms. The quantitative estimate of drug-likeness (QED) is 0.755. The fourth-order valence-corrected chi connectivity index (χ4v) is 2.07. The Morgan fingerprint density at radius 1 is 1.37 bits per heavy atom. The average molecular weight is 275 g/mol. The summed E-state index contributed by atoms with van der Waals surface area (Å²) in [5.41, 5.74) is 1.35. The number of halogens is 1. The lowest BCUT2D eigenvalue weighted by Crippen LogP contribution is -2.12. The van der Waals surface area contributed by atoms with Crippen LogP contribution in [0.2, 0.25) is 5.02 Å². The standard InChI is InChI=1S/C13H11ClN4O/c1-18-5-4-12(17-18)16-13(19)11-7-8-6-9(14)2-3-10(8)15-11/h2-7,15H,1H3,(H,16,17,19). The van der Waals surface area contributed by atoms with E-state index in [0.717, 1.165) is 10.9 Å². The molecule has 0 aliphatic rings. The SMILES string of the molecule is Cn1ccc(NC(=O)c2cc3cc(Cl)ccc3[nH]2)n1. The Labute approximate surface area is 114 Å². The van der Waals surface area contributed by atoms with Crippen LogP contribution >= 0.6 is 11.6 Å². The molecule has 0 saturated heterocycles. The zero-order valence-electron chi connectivity index (χ0n) is 10.1. The van der Waals surface area contributed by atoms with Crippen LogP contribution in [0.3, 0.4) is 0 Å². The van der Waals surface area contributed by atoms with E-state index in [-0.39, 0.29) is 5.91 Å². The molecule has 96 valence electrons. The molecule has 0 fully saturated rings. The number of carbonyl (C=O) groups is 1. The molecule has 2 N–H and O–H groups in total. The van der Waals surface area contributed by atoms with Crippen LogP contribution < -0.4 is 5.32 Å². The van der Waals surface area contributed by atoms with Crippen molar-refractivity contribution in [2.75, 3.05) is 5.32 Å². The van der Waals surface area contributed by atoms with Crippen LogP contribution in [0, 0.1) is 0 Å². The summed E-state index contributed by atoms with van der Waals surface area (Å²) in [5, 5.41) is 8.36. The zero-order valence-corrected chi connectivity index (χ0v) is 10.9. The van der Waals surface area contributed by atoms with Crippen LogP contribution in [0.15, 0.2) is 36.5 Å². The van der Waals surface area contributed by atoms with E-state index in [4.69, 9.17) is 11.6 Å². The highest BCUT2D eigenvalue weighted by Gasteiger charge is 2.11. The largest absolute Gasteiger partial charge is 0.351 e. The van der Waals surface area contributed by atoms with E-state index >= 15 is 0 Å². The Morgan fingerprint density at radius 2 is 2.21 bits per heavy atom. The molecule has 1 aromatic carbocycles. The molecule has 0 unspecified atom stereocenters. The van der Waals surface area contributed by atoms with Gasteiger partial charge in [0.15, 0.2) is 5.82 Å². The predicted octanol–water partition coefficient (Wildman–Crippen LogP) is 2.81. The normalized spacial score (nSPS) is 10.8. The lowest BCUT2D eigenvalue weighted by Gasteiger charge is -1.98. The van der Waals surface area contributed by atoms with Crippen molar-refractivity contribution >= 4 is 34.2 Å². The second-order valence-electron chi connectivity index (χ2n) is 4.24. The smallest absolute Gasteiger partial charge is 0.273 e. The maximum absolute atomic E-state index is 12.1. The molecule has 2 aromatic heterocycles. The van der Waals surface area contributed by atoms with Gasteiger partial charge in [0.05, 0.1) is 0 Å². The highest BCUT2D eigenvalue weighted by molar-refractivity contribution is 6.31. The second kappa shape index (κ2) is 4.44. The Hall–Kier alpha value is -2.27. The van der Waals surface area contributed by atoms with E-state index in [2.05, 4.69) is 15.4 Å². The molecule has 1 amide bonds. The number of hydrogen-bond donors (Lipinski definition) is 2. The number of fused-ring (bicyclic) bond motifs is 1. The van der Waals surface area contributed by atoms with Crippen molar-refractivity contribution in [3.63, 3.8) is 0 Å². The number of rotatable bonds is 2. The Bertz CT molecular complexity index is 759. The van der Waals surface area contributed by atoms with Gasteiger partial charge in [-0.1, -0.05) is 11.6 Å². The van der Waals surface area contributed by atoms with Gasteiger partial charge in [-0.15, -0.1) is 0 Å². The Balaban J connectivity index is 1.89. The molecular weight excluding hydrogens is 264 g/mol. The number of aromatic amines is 1. The molecule has 6 heteroatoms. The molecular formula is C13H11ClN4O. The van der Waals surface area contributed by atoms with Gasteiger partial charge in [-0.05, 0) is 24.3 Å². The number of carbonyl (C=O) groups excluding carboxylic acids is 1. The van der Waals surface area contributed by atoms with Crippen molar-refractivity contribution in [1.29, 1.82) is 0 Å². The van der Waals surface area contributed by atoms with E-state index < -0.39 is 0 Å². The van der Waals surface area contributed by atoms with Gasteiger partial charge < -0.3 is 10.3 Å². The molecule has 0 atom stereocenters. The fourth-order valence-electron chi connectivity index (χ4n) is 1.89. The summed E-state index contributed by atoms with van der Waals surface area (Å²) >= 11 is 5.91. The summed E-state index contributed by atoms with van der Waals surface area (Å²) < 4.78 is 1.63. The lowest BCUT2D eigenvalue weighted by atomic mass is 10.2. The van der Waals surface area contributed by atoms with E-state index in [9.17, 15) is 4.79 Å². The van der Waals surface area contributed by atoms with E-state index in [1.54, 1.807) is 36.1 Å². The van der Waals surface area contributed by atoms with Gasteiger partial charge >= 0.3 is 0 Å². The van der Waals surface area contributed by atoms with Crippen LogP contribution in [0.25, 0.3) is 10.9 Å². The number of H-pyrrole nitrogens is 1. The Kier molecular flexibility index (Phi) is 2.76. The maximum Gasteiger partial charge on any atom is 0.273 e. The number of nitrogens with one attached hydrogen (secondary N) is 2. The monoisotopic (exact) mass is 274 g/mol. The third-order valence-corrected chi connectivity index (χ3v) is 3.02. The predicted molar refractivity (Wildman–Crippen MR) is 74.5 cm³/mol. The van der Waals surface area contributed by atoms with Crippen LogP contribution in [0.5, 0.6) is 0 Å². The first kappa shape index (κ1) is 11.8. The van der Waals surface area contributed by atoms with Crippen LogP contribution in [-0.2, 0) is 7.05 Å². The molecule has 3 rings (SSSR count). The summed E-state index contributed by atoms with van der Waals surface area (Å²) in [7, 11) is 1.79. The van der Waals surface area contributed by atoms with Crippen molar-refractivity contribution in [3.8, 4) is 0 Å². The summed E-state index contributed by atoms with van der Waals surface area (Å²) in [6, 6.07) is 8.93. The molecule has 0 radical (unpaired) electrons. The molecule has 0 saturated carbocycles. The summed E-state index contributed by atoms with van der Waals surface area (Å²) in [6.45, 7) is 0. The molecule has 19 heavy (non-hydrogen) atoms. The fraction of sp³-hybridized carbons (Fsp3) is 0.0769. The molecule has 3 aromatic rings. The molecule has 0 aliphatic carbocycles. The van der Waals surface area contributed by atoms with Crippen LogP contribution in [-0.4, -0.2) is 20.7 Å². The number of aromatic nitrogens is 3. The van der Waals surface area contributed by atoms with E-state index in [1.807, 2.05) is 12.1 Å². The van der Waals surface area contributed by atoms with Gasteiger partial charge in [0.1, 0.15) is 5.69 Å². The molecule has 0 aliphatic heterocycles. The highest BCUT2D eigenvalue weighted by atomic mass is 35.5. The minimum absolute atomic E-state index is 0.231. The molecule has 0 bridgehead atoms. The summed E-state index contributed by atoms with van der Waals surface area (Å²) in [6.07, 6.45) is 1.76. The number of hydrogen-bond acceptors (Lipinski definition) is 2. The van der Waals surface area contributed by atoms with Gasteiger partial charge in [0.25, 0.3) is 5.91 Å². The maximum atomic E-state index is 12.1. The average Bonchev–Trinajstić information content (AvgIpc) is 2.95. The number of anilines is 1. The number of amides is 1. The van der Waals surface area contributed by atoms with E-state index in [1.165, 1.54) is 0 Å². The lowest BCUT2D eigenvalue weighted by molar-refractivity contribution is 0.102. The summed E-state index contributed by atoms with van der Waals surface area (Å²) in [5.74, 6) is 0.287.